The highest BCUT2D eigenvalue weighted by atomic mass is 16.8. The van der Waals surface area contributed by atoms with E-state index in [9.17, 15) is 4.79 Å². The molecular formula is C28H40N8O4. The van der Waals surface area contributed by atoms with Crippen molar-refractivity contribution in [3.63, 3.8) is 0 Å². The summed E-state index contributed by atoms with van der Waals surface area (Å²) in [5.74, 6) is -0.431. The molecule has 12 heteroatoms. The van der Waals surface area contributed by atoms with Gasteiger partial charge in [0, 0.05) is 26.2 Å². The molecule has 2 aliphatic rings. The number of benzene rings is 1. The monoisotopic (exact) mass is 552 g/mol. The summed E-state index contributed by atoms with van der Waals surface area (Å²) in [6.45, 7) is 12.5. The van der Waals surface area contributed by atoms with E-state index >= 15 is 0 Å². The number of carbonyl (C=O) groups is 1. The summed E-state index contributed by atoms with van der Waals surface area (Å²) in [7, 11) is 1.99. The Balaban J connectivity index is 1.13. The zero-order valence-electron chi connectivity index (χ0n) is 24.0. The molecular weight excluding hydrogens is 512 g/mol. The molecule has 0 spiro atoms. The smallest absolute Gasteiger partial charge is 0.315 e. The van der Waals surface area contributed by atoms with Crippen molar-refractivity contribution < 1.29 is 19.0 Å². The predicted octanol–water partition coefficient (Wildman–Crippen LogP) is 2.55. The zero-order chi connectivity index (χ0) is 28.7. The number of rotatable bonds is 8. The molecule has 0 bridgehead atoms. The predicted molar refractivity (Wildman–Crippen MR) is 150 cm³/mol. The van der Waals surface area contributed by atoms with E-state index < -0.39 is 12.0 Å². The fourth-order valence-electron chi connectivity index (χ4n) is 5.21. The minimum Gasteiger partial charge on any atom is -0.382 e. The van der Waals surface area contributed by atoms with Gasteiger partial charge in [-0.2, -0.15) is 0 Å². The van der Waals surface area contributed by atoms with Crippen LogP contribution in [-0.2, 0) is 26.2 Å². The molecule has 2 amide bonds. The maximum atomic E-state index is 12.4. The number of fused-ring (bicyclic) bond motifs is 2. The molecule has 1 aromatic carbocycles. The standard InChI is InChI=1S/C28H40N8O4/c1-27(2,3)18-9-7-17(8-10-18)13-31-26(37)30-11-12-35(6)14-19-21-22(40-28(4,5)39-21)25(38-19)36-16-34-20-23(29)32-15-33-24(20)36/h7-10,15-16,19,21-22,25H,11-14H2,1-6H3,(H2,29,32,33)(H2,30,31,37)/t19-,21-,22-,25?/m1/s1. The summed E-state index contributed by atoms with van der Waals surface area (Å²) in [5.41, 5.74) is 9.51. The van der Waals surface area contributed by atoms with E-state index in [2.05, 4.69) is 75.5 Å². The first-order valence-corrected chi connectivity index (χ1v) is 13.6. The molecule has 5 rings (SSSR count). The molecule has 216 valence electrons. The molecule has 4 atom stereocenters. The van der Waals surface area contributed by atoms with Crippen LogP contribution in [0.25, 0.3) is 11.2 Å². The van der Waals surface area contributed by atoms with Crippen molar-refractivity contribution in [3.8, 4) is 0 Å². The van der Waals surface area contributed by atoms with Crippen LogP contribution in [-0.4, -0.2) is 81.2 Å². The van der Waals surface area contributed by atoms with Crippen molar-refractivity contribution in [1.82, 2.24) is 35.1 Å². The van der Waals surface area contributed by atoms with Gasteiger partial charge in [0.15, 0.2) is 23.5 Å². The van der Waals surface area contributed by atoms with E-state index in [1.807, 2.05) is 25.5 Å². The van der Waals surface area contributed by atoms with E-state index in [0.717, 1.165) is 5.56 Å². The SMILES string of the molecule is CN(CCNC(=O)NCc1ccc(C(C)(C)C)cc1)C[C@H]1OC(n2cnc3c(N)ncnc32)[C@@H]2OC(C)(C)O[C@H]12. The van der Waals surface area contributed by atoms with Gasteiger partial charge in [-0.05, 0) is 37.4 Å². The second-order valence-electron chi connectivity index (χ2n) is 12.0. The second kappa shape index (κ2) is 10.9. The van der Waals surface area contributed by atoms with Crippen LogP contribution in [0.15, 0.2) is 36.9 Å². The third-order valence-corrected chi connectivity index (χ3v) is 7.33. The third-order valence-electron chi connectivity index (χ3n) is 7.33. The molecule has 12 nitrogen and oxygen atoms in total. The van der Waals surface area contributed by atoms with Crippen LogP contribution >= 0.6 is 0 Å². The summed E-state index contributed by atoms with van der Waals surface area (Å²) < 4.78 is 20.8. The number of hydrogen-bond donors (Lipinski definition) is 3. The molecule has 0 saturated carbocycles. The summed E-state index contributed by atoms with van der Waals surface area (Å²) in [4.78, 5) is 27.2. The van der Waals surface area contributed by atoms with Gasteiger partial charge in [-0.25, -0.2) is 19.7 Å². The number of ether oxygens (including phenoxy) is 3. The number of likely N-dealkylation sites (N-methyl/N-ethyl adjacent to an activating group) is 1. The van der Waals surface area contributed by atoms with Crippen LogP contribution in [0.4, 0.5) is 10.6 Å². The lowest BCUT2D eigenvalue weighted by atomic mass is 9.87. The fraction of sp³-hybridized carbons (Fsp3) is 0.571. The van der Waals surface area contributed by atoms with Crippen molar-refractivity contribution in [2.24, 2.45) is 0 Å². The summed E-state index contributed by atoms with van der Waals surface area (Å²) in [6, 6.07) is 8.14. The highest BCUT2D eigenvalue weighted by Crippen LogP contribution is 2.44. The Kier molecular flexibility index (Phi) is 7.71. The van der Waals surface area contributed by atoms with Crippen molar-refractivity contribution in [3.05, 3.63) is 48.0 Å². The van der Waals surface area contributed by atoms with Crippen LogP contribution in [0.3, 0.4) is 0 Å². The van der Waals surface area contributed by atoms with Crippen LogP contribution in [0.2, 0.25) is 0 Å². The third kappa shape index (κ3) is 6.04. The number of urea groups is 1. The first-order valence-electron chi connectivity index (χ1n) is 13.6. The summed E-state index contributed by atoms with van der Waals surface area (Å²) in [6.07, 6.45) is 1.70. The van der Waals surface area contributed by atoms with E-state index in [1.54, 1.807) is 6.33 Å². The van der Waals surface area contributed by atoms with Gasteiger partial charge in [0.1, 0.15) is 30.2 Å². The molecule has 1 unspecified atom stereocenters. The first-order chi connectivity index (χ1) is 18.9. The normalized spacial score (nSPS) is 24.0. The van der Waals surface area contributed by atoms with Gasteiger partial charge in [-0.3, -0.25) is 4.57 Å². The highest BCUT2D eigenvalue weighted by molar-refractivity contribution is 5.81. The summed E-state index contributed by atoms with van der Waals surface area (Å²) in [5, 5.41) is 5.86. The van der Waals surface area contributed by atoms with Gasteiger partial charge in [-0.1, -0.05) is 45.0 Å². The number of carbonyl (C=O) groups excluding carboxylic acids is 1. The number of nitrogens with zero attached hydrogens (tertiary/aromatic N) is 5. The number of nitrogen functional groups attached to an aromatic ring is 1. The van der Waals surface area contributed by atoms with E-state index in [4.69, 9.17) is 19.9 Å². The average molecular weight is 553 g/mol. The van der Waals surface area contributed by atoms with Gasteiger partial charge in [0.05, 0.1) is 6.33 Å². The molecule has 40 heavy (non-hydrogen) atoms. The largest absolute Gasteiger partial charge is 0.382 e. The number of anilines is 1. The molecule has 4 N–H and O–H groups in total. The Hall–Kier alpha value is -3.32. The molecule has 0 aliphatic carbocycles. The van der Waals surface area contributed by atoms with E-state index in [1.165, 1.54) is 11.9 Å². The number of hydrogen-bond acceptors (Lipinski definition) is 9. The lowest BCUT2D eigenvalue weighted by molar-refractivity contribution is -0.197. The quantitative estimate of drug-likeness (QED) is 0.384. The lowest BCUT2D eigenvalue weighted by Gasteiger charge is -2.27. The van der Waals surface area contributed by atoms with Gasteiger partial charge in [0.25, 0.3) is 0 Å². The lowest BCUT2D eigenvalue weighted by Crippen LogP contribution is -2.43. The maximum absolute atomic E-state index is 12.4. The first kappa shape index (κ1) is 28.2. The topological polar surface area (TPSA) is 142 Å². The average Bonchev–Trinajstić information content (AvgIpc) is 3.54. The van der Waals surface area contributed by atoms with Crippen LogP contribution < -0.4 is 16.4 Å². The molecule has 4 heterocycles. The Bertz CT molecular complexity index is 1340. The molecule has 2 fully saturated rings. The van der Waals surface area contributed by atoms with Crippen molar-refractivity contribution in [2.75, 3.05) is 32.4 Å². The number of aromatic nitrogens is 4. The summed E-state index contributed by atoms with van der Waals surface area (Å²) >= 11 is 0. The van der Waals surface area contributed by atoms with Crippen molar-refractivity contribution in [2.45, 2.75) is 76.9 Å². The fourth-order valence-corrected chi connectivity index (χ4v) is 5.21. The van der Waals surface area contributed by atoms with Crippen LogP contribution in [0.1, 0.15) is 52.0 Å². The van der Waals surface area contributed by atoms with E-state index in [0.29, 0.717) is 43.2 Å². The van der Waals surface area contributed by atoms with Crippen LogP contribution in [0.5, 0.6) is 0 Å². The number of nitrogens with two attached hydrogens (primary N) is 1. The highest BCUT2D eigenvalue weighted by Gasteiger charge is 2.56. The Morgan fingerprint density at radius 1 is 1.10 bits per heavy atom. The van der Waals surface area contributed by atoms with Crippen LogP contribution in [0, 0.1) is 0 Å². The molecule has 2 aromatic heterocycles. The minimum atomic E-state index is -0.745. The number of imidazole rings is 1. The Labute approximate surface area is 234 Å². The van der Waals surface area contributed by atoms with Gasteiger partial charge < -0.3 is 35.5 Å². The Morgan fingerprint density at radius 2 is 1.82 bits per heavy atom. The molecule has 0 radical (unpaired) electrons. The molecule has 2 aliphatic heterocycles. The van der Waals surface area contributed by atoms with Gasteiger partial charge >= 0.3 is 6.03 Å². The van der Waals surface area contributed by atoms with Crippen molar-refractivity contribution >= 4 is 23.0 Å². The number of amides is 2. The minimum absolute atomic E-state index is 0.102. The molecule has 3 aromatic rings. The van der Waals surface area contributed by atoms with E-state index in [-0.39, 0.29) is 29.8 Å². The van der Waals surface area contributed by atoms with Gasteiger partial charge in [-0.15, -0.1) is 0 Å². The zero-order valence-corrected chi connectivity index (χ0v) is 24.0. The van der Waals surface area contributed by atoms with Crippen molar-refractivity contribution in [1.29, 1.82) is 0 Å². The number of nitrogens with one attached hydrogen (secondary N) is 2. The maximum Gasteiger partial charge on any atom is 0.315 e. The second-order valence-corrected chi connectivity index (χ2v) is 12.0. The molecule has 2 saturated heterocycles. The van der Waals surface area contributed by atoms with Gasteiger partial charge in [0.2, 0.25) is 0 Å². The Morgan fingerprint density at radius 3 is 2.55 bits per heavy atom.